The number of carbonyl (C=O) groups is 1. The second-order valence-corrected chi connectivity index (χ2v) is 3.98. The van der Waals surface area contributed by atoms with Crippen molar-refractivity contribution in [2.45, 2.75) is 13.3 Å². The molecular weight excluding hydrogens is 244 g/mol. The van der Waals surface area contributed by atoms with Crippen LogP contribution in [0.5, 0.6) is 0 Å². The number of anilines is 1. The Labute approximate surface area is 110 Å². The lowest BCUT2D eigenvalue weighted by Crippen LogP contribution is -2.13. The molecule has 2 N–H and O–H groups in total. The summed E-state index contributed by atoms with van der Waals surface area (Å²) in [7, 11) is 0. The SMILES string of the molecule is Cc1ncc(C(=O)O)c(NCCc2ccccn2)n1. The lowest BCUT2D eigenvalue weighted by Gasteiger charge is -2.08. The van der Waals surface area contributed by atoms with E-state index in [-0.39, 0.29) is 5.56 Å². The van der Waals surface area contributed by atoms with Gasteiger partial charge in [-0.05, 0) is 19.1 Å². The first-order chi connectivity index (χ1) is 9.16. The van der Waals surface area contributed by atoms with E-state index >= 15 is 0 Å². The second kappa shape index (κ2) is 5.90. The molecule has 0 amide bonds. The second-order valence-electron chi connectivity index (χ2n) is 3.98. The van der Waals surface area contributed by atoms with Crippen molar-refractivity contribution in [2.24, 2.45) is 0 Å². The number of carboxylic acid groups (broad SMARTS) is 1. The van der Waals surface area contributed by atoms with Crippen LogP contribution in [-0.4, -0.2) is 32.6 Å². The first kappa shape index (κ1) is 12.9. The van der Waals surface area contributed by atoms with Crippen molar-refractivity contribution >= 4 is 11.8 Å². The molecule has 6 nitrogen and oxygen atoms in total. The Hall–Kier alpha value is -2.50. The number of hydrogen-bond acceptors (Lipinski definition) is 5. The summed E-state index contributed by atoms with van der Waals surface area (Å²) in [5, 5.41) is 12.1. The molecule has 0 fully saturated rings. The molecular formula is C13H14N4O2. The minimum Gasteiger partial charge on any atom is -0.477 e. The Morgan fingerprint density at radius 2 is 2.21 bits per heavy atom. The smallest absolute Gasteiger partial charge is 0.341 e. The summed E-state index contributed by atoms with van der Waals surface area (Å²) in [5.41, 5.74) is 1.02. The summed E-state index contributed by atoms with van der Waals surface area (Å²) in [6.45, 7) is 2.28. The standard InChI is InChI=1S/C13H14N4O2/c1-9-16-8-11(13(18)19)12(17-9)15-7-5-10-4-2-3-6-14-10/h2-4,6,8H,5,7H2,1H3,(H,18,19)(H,15,16,17). The number of nitrogens with zero attached hydrogens (tertiary/aromatic N) is 3. The topological polar surface area (TPSA) is 88.0 Å². The maximum absolute atomic E-state index is 11.0. The molecule has 0 aliphatic carbocycles. The normalized spacial score (nSPS) is 10.2. The van der Waals surface area contributed by atoms with Crippen LogP contribution >= 0.6 is 0 Å². The minimum atomic E-state index is -1.04. The van der Waals surface area contributed by atoms with E-state index in [1.807, 2.05) is 18.2 Å². The molecule has 0 saturated heterocycles. The first-order valence-corrected chi connectivity index (χ1v) is 5.87. The van der Waals surface area contributed by atoms with Gasteiger partial charge in [0.15, 0.2) is 0 Å². The number of hydrogen-bond donors (Lipinski definition) is 2. The molecule has 0 spiro atoms. The zero-order valence-electron chi connectivity index (χ0n) is 10.5. The van der Waals surface area contributed by atoms with Crippen molar-refractivity contribution in [3.05, 3.63) is 47.7 Å². The van der Waals surface area contributed by atoms with E-state index in [4.69, 9.17) is 5.11 Å². The zero-order valence-corrected chi connectivity index (χ0v) is 10.5. The lowest BCUT2D eigenvalue weighted by molar-refractivity contribution is 0.0697. The summed E-state index contributed by atoms with van der Waals surface area (Å²) in [4.78, 5) is 23.2. The average Bonchev–Trinajstić information content (AvgIpc) is 2.39. The summed E-state index contributed by atoms with van der Waals surface area (Å²) in [5.74, 6) is -0.165. The van der Waals surface area contributed by atoms with Crippen molar-refractivity contribution in [2.75, 3.05) is 11.9 Å². The highest BCUT2D eigenvalue weighted by molar-refractivity contribution is 5.92. The van der Waals surface area contributed by atoms with Crippen LogP contribution in [0, 0.1) is 6.92 Å². The summed E-state index contributed by atoms with van der Waals surface area (Å²) >= 11 is 0. The van der Waals surface area contributed by atoms with Gasteiger partial charge in [0.05, 0.1) is 0 Å². The van der Waals surface area contributed by atoms with E-state index in [9.17, 15) is 4.79 Å². The maximum Gasteiger partial charge on any atom is 0.341 e. The first-order valence-electron chi connectivity index (χ1n) is 5.87. The van der Waals surface area contributed by atoms with Crippen LogP contribution in [0.15, 0.2) is 30.6 Å². The summed E-state index contributed by atoms with van der Waals surface area (Å²) in [6.07, 6.45) is 3.74. The Bertz CT molecular complexity index is 572. The van der Waals surface area contributed by atoms with Crippen molar-refractivity contribution < 1.29 is 9.90 Å². The molecule has 0 bridgehead atoms. The fraction of sp³-hybridized carbons (Fsp3) is 0.231. The van der Waals surface area contributed by atoms with Crippen LogP contribution in [0.25, 0.3) is 0 Å². The lowest BCUT2D eigenvalue weighted by atomic mass is 10.2. The Kier molecular flexibility index (Phi) is 4.02. The van der Waals surface area contributed by atoms with Gasteiger partial charge < -0.3 is 10.4 Å². The van der Waals surface area contributed by atoms with Crippen LogP contribution in [0.4, 0.5) is 5.82 Å². The van der Waals surface area contributed by atoms with Crippen LogP contribution in [0.3, 0.4) is 0 Å². The fourth-order valence-electron chi connectivity index (χ4n) is 1.62. The van der Waals surface area contributed by atoms with Gasteiger partial charge in [0.1, 0.15) is 17.2 Å². The molecule has 2 aromatic heterocycles. The molecule has 0 aliphatic heterocycles. The number of aryl methyl sites for hydroxylation is 1. The van der Waals surface area contributed by atoms with E-state index in [1.165, 1.54) is 6.20 Å². The number of pyridine rings is 1. The van der Waals surface area contributed by atoms with Gasteiger partial charge >= 0.3 is 5.97 Å². The van der Waals surface area contributed by atoms with Crippen molar-refractivity contribution in [3.63, 3.8) is 0 Å². The Balaban J connectivity index is 2.03. The third-order valence-electron chi connectivity index (χ3n) is 2.54. The molecule has 6 heteroatoms. The molecule has 2 heterocycles. The van der Waals surface area contributed by atoms with E-state index in [0.29, 0.717) is 24.6 Å². The minimum absolute atomic E-state index is 0.0756. The molecule has 0 radical (unpaired) electrons. The van der Waals surface area contributed by atoms with Crippen LogP contribution < -0.4 is 5.32 Å². The molecule has 2 rings (SSSR count). The molecule has 0 saturated carbocycles. The Morgan fingerprint density at radius 3 is 2.89 bits per heavy atom. The molecule has 0 aromatic carbocycles. The Morgan fingerprint density at radius 1 is 1.37 bits per heavy atom. The zero-order chi connectivity index (χ0) is 13.7. The van der Waals surface area contributed by atoms with Crippen molar-refractivity contribution in [1.29, 1.82) is 0 Å². The third kappa shape index (κ3) is 3.48. The molecule has 2 aromatic rings. The van der Waals surface area contributed by atoms with Crippen molar-refractivity contribution in [3.8, 4) is 0 Å². The summed E-state index contributed by atoms with van der Waals surface area (Å²) in [6, 6.07) is 5.69. The monoisotopic (exact) mass is 258 g/mol. The van der Waals surface area contributed by atoms with Crippen LogP contribution in [0.1, 0.15) is 21.9 Å². The summed E-state index contributed by atoms with van der Waals surface area (Å²) < 4.78 is 0. The number of nitrogens with one attached hydrogen (secondary N) is 1. The third-order valence-corrected chi connectivity index (χ3v) is 2.54. The van der Waals surface area contributed by atoms with E-state index < -0.39 is 5.97 Å². The van der Waals surface area contributed by atoms with Gasteiger partial charge in [0.2, 0.25) is 0 Å². The van der Waals surface area contributed by atoms with Gasteiger partial charge in [-0.25, -0.2) is 14.8 Å². The predicted molar refractivity (Wildman–Crippen MR) is 70.2 cm³/mol. The quantitative estimate of drug-likeness (QED) is 0.845. The average molecular weight is 258 g/mol. The number of rotatable bonds is 5. The molecule has 0 unspecified atom stereocenters. The molecule has 19 heavy (non-hydrogen) atoms. The highest BCUT2D eigenvalue weighted by Gasteiger charge is 2.12. The van der Waals surface area contributed by atoms with E-state index in [2.05, 4.69) is 20.3 Å². The number of carboxylic acids is 1. The number of aromatic carboxylic acids is 1. The highest BCUT2D eigenvalue weighted by Crippen LogP contribution is 2.11. The number of aromatic nitrogens is 3. The van der Waals surface area contributed by atoms with E-state index in [1.54, 1.807) is 13.1 Å². The maximum atomic E-state index is 11.0. The van der Waals surface area contributed by atoms with Crippen LogP contribution in [0.2, 0.25) is 0 Å². The van der Waals surface area contributed by atoms with Gasteiger partial charge in [-0.3, -0.25) is 4.98 Å². The van der Waals surface area contributed by atoms with Crippen LogP contribution in [-0.2, 0) is 6.42 Å². The van der Waals surface area contributed by atoms with Crippen molar-refractivity contribution in [1.82, 2.24) is 15.0 Å². The molecule has 98 valence electrons. The van der Waals surface area contributed by atoms with Gasteiger partial charge in [-0.15, -0.1) is 0 Å². The van der Waals surface area contributed by atoms with Gasteiger partial charge in [-0.2, -0.15) is 0 Å². The fourth-order valence-corrected chi connectivity index (χ4v) is 1.62. The van der Waals surface area contributed by atoms with Gasteiger partial charge in [-0.1, -0.05) is 6.07 Å². The molecule has 0 aliphatic rings. The van der Waals surface area contributed by atoms with E-state index in [0.717, 1.165) is 5.69 Å². The predicted octanol–water partition coefficient (Wildman–Crippen LogP) is 1.53. The van der Waals surface area contributed by atoms with Gasteiger partial charge in [0, 0.05) is 31.1 Å². The highest BCUT2D eigenvalue weighted by atomic mass is 16.4. The molecule has 0 atom stereocenters. The largest absolute Gasteiger partial charge is 0.477 e. The van der Waals surface area contributed by atoms with Gasteiger partial charge in [0.25, 0.3) is 0 Å².